The van der Waals surface area contributed by atoms with Crippen LogP contribution in [0.1, 0.15) is 32.6 Å². The highest BCUT2D eigenvalue weighted by Crippen LogP contribution is 2.32. The van der Waals surface area contributed by atoms with Crippen molar-refractivity contribution in [3.8, 4) is 11.4 Å². The summed E-state index contributed by atoms with van der Waals surface area (Å²) < 4.78 is 1.85. The van der Waals surface area contributed by atoms with Crippen LogP contribution in [0.25, 0.3) is 11.4 Å². The van der Waals surface area contributed by atoms with Crippen LogP contribution in [0.4, 0.5) is 5.69 Å². The molecule has 6 heteroatoms. The second-order valence-electron chi connectivity index (χ2n) is 6.64. The number of hydrogen-bond donors (Lipinski definition) is 2. The van der Waals surface area contributed by atoms with Gasteiger partial charge in [0.25, 0.3) is 0 Å². The predicted molar refractivity (Wildman–Crippen MR) is 89.6 cm³/mol. The summed E-state index contributed by atoms with van der Waals surface area (Å²) in [6.45, 7) is 1.98. The summed E-state index contributed by atoms with van der Waals surface area (Å²) >= 11 is 0. The van der Waals surface area contributed by atoms with Crippen LogP contribution in [0.5, 0.6) is 0 Å². The molecule has 6 nitrogen and oxygen atoms in total. The summed E-state index contributed by atoms with van der Waals surface area (Å²) in [5.74, 6) is 0.627. The number of rotatable bonds is 3. The van der Waals surface area contributed by atoms with E-state index in [0.717, 1.165) is 42.8 Å². The fourth-order valence-corrected chi connectivity index (χ4v) is 3.30. The Hall–Kier alpha value is -2.21. The zero-order valence-electron chi connectivity index (χ0n) is 13.6. The zero-order chi connectivity index (χ0) is 16.4. The average molecular weight is 313 g/mol. The van der Waals surface area contributed by atoms with E-state index in [1.807, 2.05) is 42.8 Å². The number of hydrogen-bond acceptors (Lipinski definition) is 4. The first-order valence-corrected chi connectivity index (χ1v) is 8.01. The molecule has 0 bridgehead atoms. The van der Waals surface area contributed by atoms with Crippen LogP contribution in [0, 0.1) is 5.92 Å². The SMILES string of the molecule is Cn1cnnc1-c1cccc(NC(=O)C2CCCCC2(C)N)c1. The van der Waals surface area contributed by atoms with Gasteiger partial charge in [0, 0.05) is 23.8 Å². The lowest BCUT2D eigenvalue weighted by Gasteiger charge is -2.37. The molecule has 1 heterocycles. The topological polar surface area (TPSA) is 85.8 Å². The van der Waals surface area contributed by atoms with Crippen LogP contribution in [-0.2, 0) is 11.8 Å². The number of carbonyl (C=O) groups is 1. The molecule has 1 fully saturated rings. The van der Waals surface area contributed by atoms with Crippen molar-refractivity contribution in [3.63, 3.8) is 0 Å². The Bertz CT molecular complexity index is 707. The van der Waals surface area contributed by atoms with Gasteiger partial charge < -0.3 is 15.6 Å². The number of nitrogens with zero attached hydrogens (tertiary/aromatic N) is 3. The van der Waals surface area contributed by atoms with E-state index in [2.05, 4.69) is 15.5 Å². The first kappa shape index (κ1) is 15.7. The zero-order valence-corrected chi connectivity index (χ0v) is 13.6. The first-order valence-electron chi connectivity index (χ1n) is 8.01. The monoisotopic (exact) mass is 313 g/mol. The van der Waals surface area contributed by atoms with Crippen LogP contribution in [0.15, 0.2) is 30.6 Å². The fourth-order valence-electron chi connectivity index (χ4n) is 3.30. The van der Waals surface area contributed by atoms with E-state index < -0.39 is 5.54 Å². The molecule has 1 saturated carbocycles. The van der Waals surface area contributed by atoms with Crippen molar-refractivity contribution in [3.05, 3.63) is 30.6 Å². The second-order valence-corrected chi connectivity index (χ2v) is 6.64. The lowest BCUT2D eigenvalue weighted by atomic mass is 9.74. The number of anilines is 1. The molecule has 122 valence electrons. The van der Waals surface area contributed by atoms with Crippen molar-refractivity contribution in [2.45, 2.75) is 38.1 Å². The Balaban J connectivity index is 1.78. The summed E-state index contributed by atoms with van der Waals surface area (Å²) in [4.78, 5) is 12.6. The number of benzene rings is 1. The van der Waals surface area contributed by atoms with Gasteiger partial charge in [0.2, 0.25) is 5.91 Å². The quantitative estimate of drug-likeness (QED) is 0.910. The number of nitrogens with two attached hydrogens (primary N) is 1. The van der Waals surface area contributed by atoms with Crippen LogP contribution in [-0.4, -0.2) is 26.2 Å². The molecule has 0 radical (unpaired) electrons. The highest BCUT2D eigenvalue weighted by molar-refractivity contribution is 5.94. The molecule has 1 aliphatic carbocycles. The summed E-state index contributed by atoms with van der Waals surface area (Å²) in [5.41, 5.74) is 7.57. The van der Waals surface area contributed by atoms with Gasteiger partial charge in [0.1, 0.15) is 6.33 Å². The van der Waals surface area contributed by atoms with Gasteiger partial charge >= 0.3 is 0 Å². The highest BCUT2D eigenvalue weighted by Gasteiger charge is 2.37. The Kier molecular flexibility index (Phi) is 4.17. The van der Waals surface area contributed by atoms with Crippen LogP contribution >= 0.6 is 0 Å². The van der Waals surface area contributed by atoms with Crippen molar-refractivity contribution >= 4 is 11.6 Å². The molecule has 1 aromatic carbocycles. The van der Waals surface area contributed by atoms with Gasteiger partial charge in [-0.15, -0.1) is 10.2 Å². The standard InChI is InChI=1S/C17H23N5O/c1-17(18)9-4-3-8-14(17)16(23)20-13-7-5-6-12(10-13)15-21-19-11-22(15)2/h5-7,10-11,14H,3-4,8-9,18H2,1-2H3,(H,20,23). The van der Waals surface area contributed by atoms with Crippen molar-refractivity contribution in [1.82, 2.24) is 14.8 Å². The molecule has 2 unspecified atom stereocenters. The lowest BCUT2D eigenvalue weighted by molar-refractivity contribution is -0.122. The Morgan fingerprint density at radius 3 is 2.96 bits per heavy atom. The van der Waals surface area contributed by atoms with Gasteiger partial charge in [0.15, 0.2) is 5.82 Å². The van der Waals surface area contributed by atoms with E-state index in [9.17, 15) is 4.79 Å². The maximum absolute atomic E-state index is 12.6. The van der Waals surface area contributed by atoms with E-state index in [-0.39, 0.29) is 11.8 Å². The van der Waals surface area contributed by atoms with Gasteiger partial charge in [-0.2, -0.15) is 0 Å². The molecule has 1 aliphatic rings. The van der Waals surface area contributed by atoms with Crippen molar-refractivity contribution in [2.75, 3.05) is 5.32 Å². The van der Waals surface area contributed by atoms with Crippen LogP contribution < -0.4 is 11.1 Å². The van der Waals surface area contributed by atoms with Gasteiger partial charge in [0.05, 0.1) is 5.92 Å². The minimum absolute atomic E-state index is 0.00446. The van der Waals surface area contributed by atoms with E-state index >= 15 is 0 Å². The minimum atomic E-state index is -0.427. The third-order valence-corrected chi connectivity index (χ3v) is 4.67. The maximum atomic E-state index is 12.6. The molecule has 0 spiro atoms. The molecule has 1 amide bonds. The smallest absolute Gasteiger partial charge is 0.229 e. The van der Waals surface area contributed by atoms with Crippen LogP contribution in [0.3, 0.4) is 0 Å². The van der Waals surface area contributed by atoms with Gasteiger partial charge in [-0.05, 0) is 31.9 Å². The number of carbonyl (C=O) groups excluding carboxylic acids is 1. The summed E-state index contributed by atoms with van der Waals surface area (Å²) in [6, 6.07) is 7.66. The maximum Gasteiger partial charge on any atom is 0.229 e. The lowest BCUT2D eigenvalue weighted by Crippen LogP contribution is -2.51. The van der Waals surface area contributed by atoms with Crippen LogP contribution in [0.2, 0.25) is 0 Å². The van der Waals surface area contributed by atoms with E-state index in [1.54, 1.807) is 6.33 Å². The summed E-state index contributed by atoms with van der Waals surface area (Å²) in [7, 11) is 1.89. The Labute approximate surface area is 136 Å². The number of aryl methyl sites for hydroxylation is 1. The van der Waals surface area contributed by atoms with Gasteiger partial charge in [-0.3, -0.25) is 4.79 Å². The molecule has 3 rings (SSSR count). The number of amides is 1. The molecule has 23 heavy (non-hydrogen) atoms. The van der Waals surface area contributed by atoms with Gasteiger partial charge in [-0.25, -0.2) is 0 Å². The fraction of sp³-hybridized carbons (Fsp3) is 0.471. The summed E-state index contributed by atoms with van der Waals surface area (Å²) in [5, 5.41) is 11.0. The van der Waals surface area contributed by atoms with E-state index in [1.165, 1.54) is 0 Å². The Morgan fingerprint density at radius 1 is 1.43 bits per heavy atom. The first-order chi connectivity index (χ1) is 11.0. The molecule has 0 aliphatic heterocycles. The minimum Gasteiger partial charge on any atom is -0.326 e. The molecule has 2 aromatic rings. The molecule has 0 saturated heterocycles. The van der Waals surface area contributed by atoms with E-state index in [4.69, 9.17) is 5.73 Å². The number of nitrogens with one attached hydrogen (secondary N) is 1. The van der Waals surface area contributed by atoms with Crippen molar-refractivity contribution in [2.24, 2.45) is 18.7 Å². The predicted octanol–water partition coefficient (Wildman–Crippen LogP) is 2.33. The number of aromatic nitrogens is 3. The van der Waals surface area contributed by atoms with Crippen molar-refractivity contribution < 1.29 is 4.79 Å². The third kappa shape index (κ3) is 3.27. The molecular weight excluding hydrogens is 290 g/mol. The normalized spacial score (nSPS) is 24.4. The summed E-state index contributed by atoms with van der Waals surface area (Å²) in [6.07, 6.45) is 5.55. The largest absolute Gasteiger partial charge is 0.326 e. The second kappa shape index (κ2) is 6.12. The molecule has 3 N–H and O–H groups in total. The third-order valence-electron chi connectivity index (χ3n) is 4.67. The highest BCUT2D eigenvalue weighted by atomic mass is 16.1. The van der Waals surface area contributed by atoms with Gasteiger partial charge in [-0.1, -0.05) is 25.0 Å². The average Bonchev–Trinajstić information content (AvgIpc) is 2.93. The Morgan fingerprint density at radius 2 is 2.26 bits per heavy atom. The van der Waals surface area contributed by atoms with E-state index in [0.29, 0.717) is 0 Å². The molecule has 1 aromatic heterocycles. The molecule has 2 atom stereocenters. The van der Waals surface area contributed by atoms with Crippen molar-refractivity contribution in [1.29, 1.82) is 0 Å². The molecular formula is C17H23N5O.